The largest absolute Gasteiger partial charge is 0.332 e. The Morgan fingerprint density at radius 1 is 0.844 bits per heavy atom. The second-order valence-corrected chi connectivity index (χ2v) is 10.3. The van der Waals surface area contributed by atoms with Crippen molar-refractivity contribution in [3.63, 3.8) is 0 Å². The van der Waals surface area contributed by atoms with Gasteiger partial charge in [0, 0.05) is 11.4 Å². The molecule has 2 aromatic rings. The second kappa shape index (κ2) is 8.66. The lowest BCUT2D eigenvalue weighted by Crippen LogP contribution is -2.55. The Morgan fingerprint density at radius 2 is 1.44 bits per heavy atom. The summed E-state index contributed by atoms with van der Waals surface area (Å²) in [5, 5.41) is 9.33. The van der Waals surface area contributed by atoms with Crippen LogP contribution in [0.25, 0.3) is 0 Å². The summed E-state index contributed by atoms with van der Waals surface area (Å²) in [7, 11) is 0. The van der Waals surface area contributed by atoms with Gasteiger partial charge in [0.2, 0.25) is 11.8 Å². The molecule has 4 saturated carbocycles. The molecule has 4 aliphatic carbocycles. The molecule has 4 aliphatic rings. The number of rotatable bonds is 5. The van der Waals surface area contributed by atoms with Crippen LogP contribution in [0.4, 0.5) is 11.4 Å². The molecule has 0 unspecified atom stereocenters. The monoisotopic (exact) mass is 447 g/mol. The zero-order valence-corrected chi connectivity index (χ0v) is 18.9. The van der Waals surface area contributed by atoms with Gasteiger partial charge >= 0.3 is 0 Å². The molecule has 2 aromatic carbocycles. The van der Waals surface area contributed by atoms with Gasteiger partial charge in [0.25, 0.3) is 0 Å². The molecule has 3 N–H and O–H groups in total. The molecular formula is C26H29N3O2S. The van der Waals surface area contributed by atoms with Gasteiger partial charge in [0.15, 0.2) is 5.11 Å². The molecule has 2 amide bonds. The minimum atomic E-state index is -0.228. The van der Waals surface area contributed by atoms with E-state index in [0.29, 0.717) is 35.0 Å². The highest BCUT2D eigenvalue weighted by Gasteiger charge is 2.54. The van der Waals surface area contributed by atoms with Crippen molar-refractivity contribution < 1.29 is 9.59 Å². The summed E-state index contributed by atoms with van der Waals surface area (Å²) >= 11 is 5.45. The van der Waals surface area contributed by atoms with Crippen LogP contribution < -0.4 is 16.0 Å². The Labute approximate surface area is 194 Å². The Morgan fingerprint density at radius 3 is 2.06 bits per heavy atom. The number of anilines is 2. The van der Waals surface area contributed by atoms with Crippen LogP contribution in [0.15, 0.2) is 54.6 Å². The highest BCUT2D eigenvalue weighted by Crippen LogP contribution is 2.60. The maximum Gasteiger partial charge on any atom is 0.232 e. The highest BCUT2D eigenvalue weighted by molar-refractivity contribution is 7.80. The van der Waals surface area contributed by atoms with Crippen molar-refractivity contribution in [1.82, 2.24) is 5.32 Å². The van der Waals surface area contributed by atoms with E-state index in [9.17, 15) is 9.59 Å². The molecule has 6 rings (SSSR count). The summed E-state index contributed by atoms with van der Waals surface area (Å²) in [4.78, 5) is 25.5. The van der Waals surface area contributed by atoms with E-state index in [2.05, 4.69) is 16.0 Å². The lowest BCUT2D eigenvalue weighted by Gasteiger charge is -2.55. The number of hydrogen-bond acceptors (Lipinski definition) is 3. The Kier molecular flexibility index (Phi) is 5.72. The van der Waals surface area contributed by atoms with Crippen LogP contribution in [0.5, 0.6) is 0 Å². The van der Waals surface area contributed by atoms with Crippen molar-refractivity contribution in [2.45, 2.75) is 44.9 Å². The minimum Gasteiger partial charge on any atom is -0.332 e. The van der Waals surface area contributed by atoms with Crippen molar-refractivity contribution >= 4 is 40.5 Å². The summed E-state index contributed by atoms with van der Waals surface area (Å²) in [5.74, 6) is 2.14. The molecule has 0 aromatic heterocycles. The molecule has 0 spiro atoms. The fraction of sp³-hybridized carbons (Fsp3) is 0.423. The SMILES string of the molecule is O=C(Cc1ccccc1)Nc1cccc(NC(=S)NC(=O)C23CC4CC(CC(C4)C2)C3)c1. The van der Waals surface area contributed by atoms with E-state index < -0.39 is 0 Å². The van der Waals surface area contributed by atoms with E-state index in [1.165, 1.54) is 19.3 Å². The van der Waals surface area contributed by atoms with Crippen molar-refractivity contribution in [2.75, 3.05) is 10.6 Å². The van der Waals surface area contributed by atoms with E-state index in [1.54, 1.807) is 0 Å². The predicted molar refractivity (Wildman–Crippen MR) is 130 cm³/mol. The molecule has 6 heteroatoms. The highest BCUT2D eigenvalue weighted by atomic mass is 32.1. The maximum absolute atomic E-state index is 13.2. The van der Waals surface area contributed by atoms with Crippen LogP contribution in [-0.2, 0) is 16.0 Å². The Bertz CT molecular complexity index is 1000. The maximum atomic E-state index is 13.2. The molecule has 5 nitrogen and oxygen atoms in total. The topological polar surface area (TPSA) is 70.2 Å². The van der Waals surface area contributed by atoms with E-state index in [1.807, 2.05) is 54.6 Å². The van der Waals surface area contributed by atoms with Crippen molar-refractivity contribution in [1.29, 1.82) is 0 Å². The molecule has 0 saturated heterocycles. The van der Waals surface area contributed by atoms with E-state index in [0.717, 1.165) is 30.5 Å². The van der Waals surface area contributed by atoms with Gasteiger partial charge in [-0.1, -0.05) is 36.4 Å². The van der Waals surface area contributed by atoms with Crippen LogP contribution in [0, 0.1) is 23.2 Å². The van der Waals surface area contributed by atoms with Crippen molar-refractivity contribution in [2.24, 2.45) is 23.2 Å². The third-order valence-corrected chi connectivity index (χ3v) is 7.56. The summed E-state index contributed by atoms with van der Waals surface area (Å²) in [5.41, 5.74) is 2.16. The first-order valence-electron chi connectivity index (χ1n) is 11.5. The third-order valence-electron chi connectivity index (χ3n) is 7.36. The molecule has 0 heterocycles. The number of amides is 2. The van der Waals surface area contributed by atoms with Gasteiger partial charge in [0.05, 0.1) is 11.8 Å². The average molecular weight is 448 g/mol. The van der Waals surface area contributed by atoms with Gasteiger partial charge in [0.1, 0.15) is 0 Å². The van der Waals surface area contributed by atoms with Gasteiger partial charge in [-0.3, -0.25) is 9.59 Å². The lowest BCUT2D eigenvalue weighted by atomic mass is 9.49. The quantitative estimate of drug-likeness (QED) is 0.571. The van der Waals surface area contributed by atoms with Gasteiger partial charge < -0.3 is 16.0 Å². The van der Waals surface area contributed by atoms with Gasteiger partial charge in [-0.15, -0.1) is 0 Å². The summed E-state index contributed by atoms with van der Waals surface area (Å²) in [6.07, 6.45) is 7.26. The predicted octanol–water partition coefficient (Wildman–Crippen LogP) is 4.90. The summed E-state index contributed by atoms with van der Waals surface area (Å²) in [6.45, 7) is 0. The van der Waals surface area contributed by atoms with Crippen molar-refractivity contribution in [3.05, 3.63) is 60.2 Å². The van der Waals surface area contributed by atoms with Gasteiger partial charge in [-0.05, 0) is 92.3 Å². The molecule has 166 valence electrons. The number of hydrogen-bond donors (Lipinski definition) is 3. The smallest absolute Gasteiger partial charge is 0.232 e. The molecule has 32 heavy (non-hydrogen) atoms. The minimum absolute atomic E-state index is 0.0777. The van der Waals surface area contributed by atoms with Crippen LogP contribution in [-0.4, -0.2) is 16.9 Å². The summed E-state index contributed by atoms with van der Waals surface area (Å²) in [6, 6.07) is 17.0. The third kappa shape index (κ3) is 4.56. The molecule has 0 aliphatic heterocycles. The van der Waals surface area contributed by atoms with Crippen LogP contribution >= 0.6 is 12.2 Å². The fourth-order valence-corrected chi connectivity index (χ4v) is 6.66. The molecule has 4 bridgehead atoms. The second-order valence-electron chi connectivity index (χ2n) is 9.90. The molecule has 0 atom stereocenters. The zero-order valence-electron chi connectivity index (χ0n) is 18.1. The number of carbonyl (C=O) groups excluding carboxylic acids is 2. The number of nitrogens with one attached hydrogen (secondary N) is 3. The van der Waals surface area contributed by atoms with Crippen LogP contribution in [0.2, 0.25) is 0 Å². The van der Waals surface area contributed by atoms with E-state index in [-0.39, 0.29) is 17.2 Å². The first-order valence-corrected chi connectivity index (χ1v) is 11.9. The van der Waals surface area contributed by atoms with Crippen LogP contribution in [0.1, 0.15) is 44.1 Å². The lowest BCUT2D eigenvalue weighted by molar-refractivity contribution is -0.144. The molecule has 0 radical (unpaired) electrons. The first-order chi connectivity index (χ1) is 15.5. The fourth-order valence-electron chi connectivity index (χ4n) is 6.45. The standard InChI is InChI=1S/C26H29N3O2S/c30-23(12-17-5-2-1-3-6-17)27-21-7-4-8-22(13-21)28-25(32)29-24(31)26-14-18-9-19(15-26)11-20(10-18)16-26/h1-8,13,18-20H,9-12,14-16H2,(H,27,30)(H2,28,29,31,32). The van der Waals surface area contributed by atoms with Crippen molar-refractivity contribution in [3.8, 4) is 0 Å². The zero-order chi connectivity index (χ0) is 22.1. The normalized spacial score (nSPS) is 27.6. The average Bonchev–Trinajstić information content (AvgIpc) is 2.73. The van der Waals surface area contributed by atoms with Crippen LogP contribution in [0.3, 0.4) is 0 Å². The number of carbonyl (C=O) groups is 2. The van der Waals surface area contributed by atoms with Gasteiger partial charge in [-0.2, -0.15) is 0 Å². The molecule has 4 fully saturated rings. The number of benzene rings is 2. The first kappa shape index (κ1) is 21.1. The Hall–Kier alpha value is -2.73. The molecular weight excluding hydrogens is 418 g/mol. The van der Waals surface area contributed by atoms with E-state index in [4.69, 9.17) is 12.2 Å². The Balaban J connectivity index is 1.17. The van der Waals surface area contributed by atoms with Gasteiger partial charge in [-0.25, -0.2) is 0 Å². The number of thiocarbonyl (C=S) groups is 1. The van der Waals surface area contributed by atoms with E-state index >= 15 is 0 Å². The summed E-state index contributed by atoms with van der Waals surface area (Å²) < 4.78 is 0.